The Morgan fingerprint density at radius 2 is 2.06 bits per heavy atom. The summed E-state index contributed by atoms with van der Waals surface area (Å²) < 4.78 is 9.37. The van der Waals surface area contributed by atoms with Crippen LogP contribution in [0.25, 0.3) is 11.5 Å². The number of esters is 1. The molecule has 1 heterocycles. The van der Waals surface area contributed by atoms with Gasteiger partial charge >= 0.3 is 5.97 Å². The van der Waals surface area contributed by atoms with Gasteiger partial charge in [0.2, 0.25) is 0 Å². The third kappa shape index (κ3) is 2.04. The van der Waals surface area contributed by atoms with Crippen LogP contribution in [0, 0.1) is 0 Å². The molecule has 1 aromatic heterocycles. The van der Waals surface area contributed by atoms with Gasteiger partial charge in [0.05, 0.1) is 7.11 Å². The molecule has 6 heteroatoms. The largest absolute Gasteiger partial charge is 0.463 e. The van der Waals surface area contributed by atoms with E-state index >= 15 is 0 Å². The minimum atomic E-state index is -0.635. The van der Waals surface area contributed by atoms with Crippen molar-refractivity contribution in [2.45, 2.75) is 0 Å². The Kier molecular flexibility index (Phi) is 2.87. The predicted molar refractivity (Wildman–Crippen MR) is 56.1 cm³/mol. The Bertz CT molecular complexity index is 507. The smallest absolute Gasteiger partial charge is 0.379 e. The van der Waals surface area contributed by atoms with Crippen LogP contribution in [0.3, 0.4) is 0 Å². The van der Waals surface area contributed by atoms with Crippen molar-refractivity contribution in [1.29, 1.82) is 0 Å². The van der Waals surface area contributed by atoms with Crippen molar-refractivity contribution in [2.24, 2.45) is 0 Å². The van der Waals surface area contributed by atoms with Crippen molar-refractivity contribution in [3.8, 4) is 11.5 Å². The maximum absolute atomic E-state index is 11.1. The van der Waals surface area contributed by atoms with E-state index in [0.29, 0.717) is 10.6 Å². The number of nitrogens with zero attached hydrogens (tertiary/aromatic N) is 2. The number of hydrogen-bond donors (Lipinski definition) is 0. The fraction of sp³-hybridized carbons (Fsp3) is 0.100. The minimum Gasteiger partial charge on any atom is -0.463 e. The SMILES string of the molecule is COC(=O)c1noc(-c2ccc(Cl)cc2)n1. The van der Waals surface area contributed by atoms with Crippen molar-refractivity contribution in [1.82, 2.24) is 10.1 Å². The van der Waals surface area contributed by atoms with Crippen LogP contribution in [0.4, 0.5) is 0 Å². The van der Waals surface area contributed by atoms with Crippen molar-refractivity contribution < 1.29 is 14.1 Å². The molecule has 0 fully saturated rings. The fourth-order valence-corrected chi connectivity index (χ4v) is 1.23. The van der Waals surface area contributed by atoms with Crippen LogP contribution in [-0.4, -0.2) is 23.2 Å². The summed E-state index contributed by atoms with van der Waals surface area (Å²) in [5.74, 6) is -0.492. The molecule has 5 nitrogen and oxygen atoms in total. The average Bonchev–Trinajstić information content (AvgIpc) is 2.78. The molecule has 2 aromatic rings. The summed E-state index contributed by atoms with van der Waals surface area (Å²) in [6.45, 7) is 0. The molecule has 0 N–H and O–H groups in total. The highest BCUT2D eigenvalue weighted by molar-refractivity contribution is 6.30. The summed E-state index contributed by atoms with van der Waals surface area (Å²) >= 11 is 5.74. The molecule has 0 radical (unpaired) electrons. The van der Waals surface area contributed by atoms with Crippen LogP contribution in [-0.2, 0) is 4.74 Å². The number of aromatic nitrogens is 2. The molecule has 0 saturated carbocycles. The van der Waals surface area contributed by atoms with E-state index in [4.69, 9.17) is 16.1 Å². The fourth-order valence-electron chi connectivity index (χ4n) is 1.11. The predicted octanol–water partition coefficient (Wildman–Crippen LogP) is 2.18. The van der Waals surface area contributed by atoms with Gasteiger partial charge in [-0.15, -0.1) is 0 Å². The molecular formula is C10H7ClN2O3. The second-order valence-corrected chi connectivity index (χ2v) is 3.36. The molecule has 82 valence electrons. The first-order chi connectivity index (χ1) is 7.70. The Morgan fingerprint density at radius 1 is 1.38 bits per heavy atom. The first-order valence-electron chi connectivity index (χ1n) is 4.38. The lowest BCUT2D eigenvalue weighted by Crippen LogP contribution is -2.03. The van der Waals surface area contributed by atoms with E-state index in [1.807, 2.05) is 0 Å². The standard InChI is InChI=1S/C10H7ClN2O3/c1-15-10(14)8-12-9(16-13-8)6-2-4-7(11)5-3-6/h2-5H,1H3. The Labute approximate surface area is 96.0 Å². The van der Waals surface area contributed by atoms with Gasteiger partial charge in [0.25, 0.3) is 11.7 Å². The van der Waals surface area contributed by atoms with Gasteiger partial charge in [-0.05, 0) is 29.4 Å². The van der Waals surface area contributed by atoms with E-state index in [9.17, 15) is 4.79 Å². The molecule has 0 atom stereocenters. The second kappa shape index (κ2) is 4.32. The van der Waals surface area contributed by atoms with E-state index in [-0.39, 0.29) is 11.7 Å². The average molecular weight is 239 g/mol. The zero-order valence-corrected chi connectivity index (χ0v) is 9.06. The quantitative estimate of drug-likeness (QED) is 0.751. The van der Waals surface area contributed by atoms with E-state index in [1.165, 1.54) is 7.11 Å². The van der Waals surface area contributed by atoms with Crippen molar-refractivity contribution in [3.05, 3.63) is 35.1 Å². The van der Waals surface area contributed by atoms with Gasteiger partial charge in [-0.2, -0.15) is 4.98 Å². The van der Waals surface area contributed by atoms with Crippen molar-refractivity contribution in [3.63, 3.8) is 0 Å². The normalized spacial score (nSPS) is 10.1. The topological polar surface area (TPSA) is 65.2 Å². The molecule has 0 aliphatic carbocycles. The number of carbonyl (C=O) groups is 1. The summed E-state index contributed by atoms with van der Waals surface area (Å²) in [4.78, 5) is 15.0. The van der Waals surface area contributed by atoms with E-state index in [2.05, 4.69) is 14.9 Å². The molecule has 0 aliphatic heterocycles. The van der Waals surface area contributed by atoms with Gasteiger partial charge in [-0.25, -0.2) is 4.79 Å². The highest BCUT2D eigenvalue weighted by Crippen LogP contribution is 2.19. The zero-order valence-electron chi connectivity index (χ0n) is 8.31. The van der Waals surface area contributed by atoms with Gasteiger partial charge < -0.3 is 9.26 Å². The highest BCUT2D eigenvalue weighted by Gasteiger charge is 2.15. The third-order valence-electron chi connectivity index (χ3n) is 1.89. The van der Waals surface area contributed by atoms with Crippen molar-refractivity contribution >= 4 is 17.6 Å². The number of benzene rings is 1. The Balaban J connectivity index is 2.31. The molecule has 0 aliphatic rings. The van der Waals surface area contributed by atoms with Crippen LogP contribution >= 0.6 is 11.6 Å². The number of methoxy groups -OCH3 is 1. The van der Waals surface area contributed by atoms with E-state index in [0.717, 1.165) is 0 Å². The molecule has 16 heavy (non-hydrogen) atoms. The van der Waals surface area contributed by atoms with Crippen LogP contribution in [0.15, 0.2) is 28.8 Å². The van der Waals surface area contributed by atoms with Gasteiger partial charge in [0.15, 0.2) is 0 Å². The van der Waals surface area contributed by atoms with E-state index < -0.39 is 5.97 Å². The number of rotatable bonds is 2. The molecule has 2 rings (SSSR count). The number of hydrogen-bond acceptors (Lipinski definition) is 5. The summed E-state index contributed by atoms with van der Waals surface area (Å²) in [6, 6.07) is 6.83. The Morgan fingerprint density at radius 3 is 2.69 bits per heavy atom. The summed E-state index contributed by atoms with van der Waals surface area (Å²) in [6.07, 6.45) is 0. The second-order valence-electron chi connectivity index (χ2n) is 2.92. The summed E-state index contributed by atoms with van der Waals surface area (Å²) in [5.41, 5.74) is 0.687. The summed E-state index contributed by atoms with van der Waals surface area (Å²) in [5, 5.41) is 4.10. The molecule has 1 aromatic carbocycles. The van der Waals surface area contributed by atoms with E-state index in [1.54, 1.807) is 24.3 Å². The molecule has 0 saturated heterocycles. The van der Waals surface area contributed by atoms with Gasteiger partial charge in [-0.1, -0.05) is 11.6 Å². The minimum absolute atomic E-state index is 0.104. The van der Waals surface area contributed by atoms with Crippen LogP contribution in [0.5, 0.6) is 0 Å². The van der Waals surface area contributed by atoms with Crippen LogP contribution in [0.2, 0.25) is 5.02 Å². The molecular weight excluding hydrogens is 232 g/mol. The lowest BCUT2D eigenvalue weighted by atomic mass is 10.2. The number of ether oxygens (including phenoxy) is 1. The Hall–Kier alpha value is -1.88. The molecule has 0 unspecified atom stereocenters. The van der Waals surface area contributed by atoms with Gasteiger partial charge in [-0.3, -0.25) is 0 Å². The van der Waals surface area contributed by atoms with Gasteiger partial charge in [0, 0.05) is 10.6 Å². The first-order valence-corrected chi connectivity index (χ1v) is 4.76. The molecule has 0 bridgehead atoms. The monoisotopic (exact) mass is 238 g/mol. The lowest BCUT2D eigenvalue weighted by molar-refractivity contribution is 0.0583. The maximum Gasteiger partial charge on any atom is 0.379 e. The molecule has 0 spiro atoms. The van der Waals surface area contributed by atoms with Crippen LogP contribution in [0.1, 0.15) is 10.6 Å². The van der Waals surface area contributed by atoms with Gasteiger partial charge in [0.1, 0.15) is 0 Å². The van der Waals surface area contributed by atoms with Crippen molar-refractivity contribution in [2.75, 3.05) is 7.11 Å². The highest BCUT2D eigenvalue weighted by atomic mass is 35.5. The first kappa shape index (κ1) is 10.6. The number of halogens is 1. The maximum atomic E-state index is 11.1. The molecule has 0 amide bonds. The summed E-state index contributed by atoms with van der Waals surface area (Å²) in [7, 11) is 1.25. The zero-order chi connectivity index (χ0) is 11.5. The number of carbonyl (C=O) groups excluding carboxylic acids is 1. The lowest BCUT2D eigenvalue weighted by Gasteiger charge is -1.93. The van der Waals surface area contributed by atoms with Crippen LogP contribution < -0.4 is 0 Å². The third-order valence-corrected chi connectivity index (χ3v) is 2.14.